The van der Waals surface area contributed by atoms with Crippen LogP contribution in [0.4, 0.5) is 10.5 Å². The number of carbonyl (C=O) groups is 1. The number of piperidine rings is 1. The van der Waals surface area contributed by atoms with E-state index in [1.54, 1.807) is 0 Å². The van der Waals surface area contributed by atoms with E-state index in [9.17, 15) is 4.79 Å². The van der Waals surface area contributed by atoms with Gasteiger partial charge in [0.15, 0.2) is 0 Å². The summed E-state index contributed by atoms with van der Waals surface area (Å²) >= 11 is 0. The second kappa shape index (κ2) is 10.1. The summed E-state index contributed by atoms with van der Waals surface area (Å²) in [6, 6.07) is 17.8. The second-order valence-electron chi connectivity index (χ2n) is 6.98. The molecule has 0 unspecified atom stereocenters. The van der Waals surface area contributed by atoms with Gasteiger partial charge in [-0.15, -0.1) is 0 Å². The van der Waals surface area contributed by atoms with Gasteiger partial charge in [0.05, 0.1) is 5.69 Å². The lowest BCUT2D eigenvalue weighted by Crippen LogP contribution is -2.39. The molecule has 0 aliphatic carbocycles. The molecule has 1 fully saturated rings. The third-order valence-corrected chi connectivity index (χ3v) is 4.99. The molecular weight excluding hydrogens is 338 g/mol. The summed E-state index contributed by atoms with van der Waals surface area (Å²) in [5.41, 5.74) is 8.38. The van der Waals surface area contributed by atoms with Crippen LogP contribution < -0.4 is 11.1 Å². The fourth-order valence-electron chi connectivity index (χ4n) is 3.48. The minimum Gasteiger partial charge on any atom is -0.446 e. The van der Waals surface area contributed by atoms with Gasteiger partial charge in [-0.3, -0.25) is 5.32 Å². The van der Waals surface area contributed by atoms with Crippen LogP contribution in [0.5, 0.6) is 0 Å². The summed E-state index contributed by atoms with van der Waals surface area (Å²) in [5.74, 6) is 0. The molecule has 1 aliphatic rings. The van der Waals surface area contributed by atoms with Gasteiger partial charge in [-0.25, -0.2) is 4.79 Å². The Morgan fingerprint density at radius 3 is 2.48 bits per heavy atom. The van der Waals surface area contributed by atoms with Crippen molar-refractivity contribution in [1.82, 2.24) is 4.90 Å². The summed E-state index contributed by atoms with van der Waals surface area (Å²) in [7, 11) is 0. The van der Waals surface area contributed by atoms with Gasteiger partial charge in [-0.2, -0.15) is 0 Å². The fourth-order valence-corrected chi connectivity index (χ4v) is 3.48. The number of carbonyl (C=O) groups excluding carboxylic acids is 1. The molecule has 0 radical (unpaired) electrons. The number of anilines is 1. The molecule has 0 atom stereocenters. The smallest absolute Gasteiger partial charge is 0.411 e. The molecule has 1 aliphatic heterocycles. The van der Waals surface area contributed by atoms with E-state index in [0.717, 1.165) is 68.7 Å². The second-order valence-corrected chi connectivity index (χ2v) is 6.98. The van der Waals surface area contributed by atoms with E-state index < -0.39 is 0 Å². The average molecular weight is 367 g/mol. The van der Waals surface area contributed by atoms with E-state index in [4.69, 9.17) is 10.5 Å². The monoisotopic (exact) mass is 367 g/mol. The molecule has 27 heavy (non-hydrogen) atoms. The molecule has 0 bridgehead atoms. The quantitative estimate of drug-likeness (QED) is 0.723. The molecule has 1 amide bonds. The predicted molar refractivity (Wildman–Crippen MR) is 110 cm³/mol. The molecular formula is C22H29N3O2. The minimum atomic E-state index is -0.375. The third kappa shape index (κ3) is 5.81. The van der Waals surface area contributed by atoms with Crippen molar-refractivity contribution in [2.75, 3.05) is 31.5 Å². The lowest BCUT2D eigenvalue weighted by Gasteiger charge is -2.31. The summed E-state index contributed by atoms with van der Waals surface area (Å²) in [4.78, 5) is 14.8. The average Bonchev–Trinajstić information content (AvgIpc) is 2.70. The topological polar surface area (TPSA) is 67.6 Å². The Balaban J connectivity index is 1.51. The van der Waals surface area contributed by atoms with Crippen LogP contribution in [0.3, 0.4) is 0 Å². The van der Waals surface area contributed by atoms with Crippen LogP contribution in [0.1, 0.15) is 25.7 Å². The number of unbranched alkanes of at least 4 members (excludes halogenated alkanes) is 1. The van der Waals surface area contributed by atoms with Gasteiger partial charge < -0.3 is 15.4 Å². The number of nitrogens with zero attached hydrogens (tertiary/aromatic N) is 1. The van der Waals surface area contributed by atoms with Crippen LogP contribution in [-0.4, -0.2) is 43.3 Å². The molecule has 144 valence electrons. The standard InChI is InChI=1S/C22H29N3O2/c23-14-6-7-15-25-16-12-19(13-17-25)27-22(26)24-21-11-5-4-10-20(21)18-8-2-1-3-9-18/h1-5,8-11,19H,6-7,12-17,23H2,(H,24,26). The SMILES string of the molecule is NCCCCN1CCC(OC(=O)Nc2ccccc2-c2ccccc2)CC1. The van der Waals surface area contributed by atoms with Crippen molar-refractivity contribution in [3.05, 3.63) is 54.6 Å². The van der Waals surface area contributed by atoms with Crippen molar-refractivity contribution in [1.29, 1.82) is 0 Å². The maximum Gasteiger partial charge on any atom is 0.411 e. The first kappa shape index (κ1) is 19.4. The highest BCUT2D eigenvalue weighted by atomic mass is 16.6. The fraction of sp³-hybridized carbons (Fsp3) is 0.409. The lowest BCUT2D eigenvalue weighted by molar-refractivity contribution is 0.0586. The molecule has 0 saturated carbocycles. The van der Waals surface area contributed by atoms with Crippen molar-refractivity contribution in [3.63, 3.8) is 0 Å². The van der Waals surface area contributed by atoms with Gasteiger partial charge in [0.2, 0.25) is 0 Å². The zero-order valence-corrected chi connectivity index (χ0v) is 15.8. The van der Waals surface area contributed by atoms with Crippen molar-refractivity contribution < 1.29 is 9.53 Å². The summed E-state index contributed by atoms with van der Waals surface area (Å²) in [5, 5.41) is 2.92. The number of likely N-dealkylation sites (tertiary alicyclic amines) is 1. The number of amides is 1. The molecule has 3 N–H and O–H groups in total. The maximum absolute atomic E-state index is 12.4. The highest BCUT2D eigenvalue weighted by molar-refractivity contribution is 5.91. The maximum atomic E-state index is 12.4. The Labute approximate surface area is 161 Å². The Morgan fingerprint density at radius 1 is 1.04 bits per heavy atom. The molecule has 1 saturated heterocycles. The number of nitrogens with one attached hydrogen (secondary N) is 1. The third-order valence-electron chi connectivity index (χ3n) is 4.99. The van der Waals surface area contributed by atoms with Crippen LogP contribution in [0.2, 0.25) is 0 Å². The first-order valence-electron chi connectivity index (χ1n) is 9.81. The van der Waals surface area contributed by atoms with Crippen LogP contribution in [0.15, 0.2) is 54.6 Å². The lowest BCUT2D eigenvalue weighted by atomic mass is 10.0. The van der Waals surface area contributed by atoms with E-state index in [1.807, 2.05) is 54.6 Å². The number of rotatable bonds is 7. The van der Waals surface area contributed by atoms with Gasteiger partial charge in [0.25, 0.3) is 0 Å². The highest BCUT2D eigenvalue weighted by Crippen LogP contribution is 2.28. The van der Waals surface area contributed by atoms with E-state index in [-0.39, 0.29) is 12.2 Å². The number of benzene rings is 2. The van der Waals surface area contributed by atoms with E-state index in [2.05, 4.69) is 10.2 Å². The Bertz CT molecular complexity index is 713. The Morgan fingerprint density at radius 2 is 1.74 bits per heavy atom. The van der Waals surface area contributed by atoms with E-state index in [0.29, 0.717) is 0 Å². The minimum absolute atomic E-state index is 0.0142. The van der Waals surface area contributed by atoms with Crippen molar-refractivity contribution in [3.8, 4) is 11.1 Å². The Hall–Kier alpha value is -2.37. The molecule has 2 aromatic carbocycles. The number of hydrogen-bond acceptors (Lipinski definition) is 4. The highest BCUT2D eigenvalue weighted by Gasteiger charge is 2.22. The number of hydrogen-bond donors (Lipinski definition) is 2. The van der Waals surface area contributed by atoms with Crippen molar-refractivity contribution in [2.24, 2.45) is 5.73 Å². The van der Waals surface area contributed by atoms with Crippen molar-refractivity contribution >= 4 is 11.8 Å². The molecule has 0 spiro atoms. The van der Waals surface area contributed by atoms with Crippen LogP contribution >= 0.6 is 0 Å². The first-order chi connectivity index (χ1) is 13.3. The van der Waals surface area contributed by atoms with Gasteiger partial charge in [0.1, 0.15) is 6.10 Å². The van der Waals surface area contributed by atoms with E-state index >= 15 is 0 Å². The zero-order valence-electron chi connectivity index (χ0n) is 15.8. The number of para-hydroxylation sites is 1. The molecule has 1 heterocycles. The number of ether oxygens (including phenoxy) is 1. The van der Waals surface area contributed by atoms with Gasteiger partial charge in [0, 0.05) is 18.7 Å². The van der Waals surface area contributed by atoms with Gasteiger partial charge in [-0.05, 0) is 50.4 Å². The molecule has 3 rings (SSSR count). The predicted octanol–water partition coefficient (Wildman–Crippen LogP) is 4.11. The molecule has 5 heteroatoms. The zero-order chi connectivity index (χ0) is 18.9. The molecule has 2 aromatic rings. The normalized spacial score (nSPS) is 15.4. The van der Waals surface area contributed by atoms with Gasteiger partial charge in [-0.1, -0.05) is 48.5 Å². The summed E-state index contributed by atoms with van der Waals surface area (Å²) < 4.78 is 5.66. The first-order valence-corrected chi connectivity index (χ1v) is 9.81. The summed E-state index contributed by atoms with van der Waals surface area (Å²) in [6.07, 6.45) is 3.59. The number of nitrogens with two attached hydrogens (primary N) is 1. The largest absolute Gasteiger partial charge is 0.446 e. The van der Waals surface area contributed by atoms with Crippen molar-refractivity contribution in [2.45, 2.75) is 31.8 Å². The van der Waals surface area contributed by atoms with Gasteiger partial charge >= 0.3 is 6.09 Å². The Kier molecular flexibility index (Phi) is 7.25. The van der Waals surface area contributed by atoms with Crippen LogP contribution in [-0.2, 0) is 4.74 Å². The van der Waals surface area contributed by atoms with E-state index in [1.165, 1.54) is 0 Å². The van der Waals surface area contributed by atoms with Crippen LogP contribution in [0.25, 0.3) is 11.1 Å². The summed E-state index contributed by atoms with van der Waals surface area (Å²) in [6.45, 7) is 3.79. The molecule has 5 nitrogen and oxygen atoms in total. The van der Waals surface area contributed by atoms with Crippen LogP contribution in [0, 0.1) is 0 Å². The molecule has 0 aromatic heterocycles.